The summed E-state index contributed by atoms with van der Waals surface area (Å²) in [4.78, 5) is 24.5. The highest BCUT2D eigenvalue weighted by Crippen LogP contribution is 2.19. The van der Waals surface area contributed by atoms with Crippen LogP contribution in [0.2, 0.25) is 0 Å². The van der Waals surface area contributed by atoms with Crippen LogP contribution in [0.25, 0.3) is 0 Å². The van der Waals surface area contributed by atoms with Crippen LogP contribution in [0.1, 0.15) is 373 Å². The third-order valence-corrected chi connectivity index (χ3v) is 15.4. The van der Waals surface area contributed by atoms with Crippen molar-refractivity contribution in [3.8, 4) is 0 Å². The molecule has 0 fully saturated rings. The Morgan fingerprint density at radius 3 is 0.871 bits per heavy atom. The number of esters is 1. The molecule has 0 heterocycles. The van der Waals surface area contributed by atoms with Gasteiger partial charge in [-0.05, 0) is 25.7 Å². The van der Waals surface area contributed by atoms with E-state index < -0.39 is 12.1 Å². The fourth-order valence-corrected chi connectivity index (χ4v) is 10.5. The molecule has 0 aliphatic carbocycles. The maximum absolute atomic E-state index is 12.5. The Kier molecular flexibility index (Phi) is 59.4. The van der Waals surface area contributed by atoms with Gasteiger partial charge in [-0.1, -0.05) is 335 Å². The number of aliphatic hydroxyl groups is 2. The van der Waals surface area contributed by atoms with Gasteiger partial charge in [0, 0.05) is 12.8 Å². The first-order valence-electron chi connectivity index (χ1n) is 32.3. The predicted octanol–water partition coefficient (Wildman–Crippen LogP) is 20.3. The van der Waals surface area contributed by atoms with Crippen molar-refractivity contribution in [1.82, 2.24) is 5.32 Å². The molecule has 2 atom stereocenters. The van der Waals surface area contributed by atoms with Crippen molar-refractivity contribution in [2.45, 2.75) is 386 Å². The zero-order chi connectivity index (χ0) is 50.7. The number of nitrogens with one attached hydrogen (secondary N) is 1. The standard InChI is InChI=1S/C64H127NO5/c1-3-5-7-9-11-13-15-16-17-18-19-21-24-27-30-33-37-40-44-48-52-56-62(67)61(60-66)65-63(68)57-53-49-45-41-38-34-31-28-25-22-20-23-26-29-32-35-39-43-47-51-55-59-70-64(69)58-54-50-46-42-36-14-12-10-8-6-4-2/h61-62,66-67H,3-60H2,1-2H3,(H,65,68). The Labute approximate surface area is 438 Å². The topological polar surface area (TPSA) is 95.9 Å². The number of carbonyl (C=O) groups excluding carboxylic acids is 2. The van der Waals surface area contributed by atoms with E-state index in [1.165, 1.54) is 302 Å². The molecule has 0 rings (SSSR count). The molecule has 0 radical (unpaired) electrons. The summed E-state index contributed by atoms with van der Waals surface area (Å²) in [6, 6.07) is -0.542. The van der Waals surface area contributed by atoms with Crippen molar-refractivity contribution < 1.29 is 24.5 Å². The van der Waals surface area contributed by atoms with E-state index >= 15 is 0 Å². The minimum Gasteiger partial charge on any atom is -0.466 e. The highest BCUT2D eigenvalue weighted by atomic mass is 16.5. The van der Waals surface area contributed by atoms with Crippen molar-refractivity contribution in [3.05, 3.63) is 0 Å². The Morgan fingerprint density at radius 1 is 0.343 bits per heavy atom. The largest absolute Gasteiger partial charge is 0.466 e. The van der Waals surface area contributed by atoms with Crippen molar-refractivity contribution in [2.75, 3.05) is 13.2 Å². The molecular weight excluding hydrogens is 863 g/mol. The Balaban J connectivity index is 3.38. The van der Waals surface area contributed by atoms with E-state index in [1.54, 1.807) is 0 Å². The molecule has 0 saturated carbocycles. The number of unbranched alkanes of at least 4 members (excludes halogenated alkanes) is 50. The molecule has 0 aromatic carbocycles. The number of hydrogen-bond acceptors (Lipinski definition) is 5. The summed E-state index contributed by atoms with van der Waals surface area (Å²) in [7, 11) is 0. The second-order valence-corrected chi connectivity index (χ2v) is 22.5. The van der Waals surface area contributed by atoms with Gasteiger partial charge in [0.25, 0.3) is 0 Å². The van der Waals surface area contributed by atoms with Gasteiger partial charge in [-0.15, -0.1) is 0 Å². The molecule has 0 aliphatic heterocycles. The maximum Gasteiger partial charge on any atom is 0.305 e. The van der Waals surface area contributed by atoms with E-state index in [4.69, 9.17) is 4.74 Å². The maximum atomic E-state index is 12.5. The van der Waals surface area contributed by atoms with Gasteiger partial charge in [-0.25, -0.2) is 0 Å². The average molecular weight is 991 g/mol. The summed E-state index contributed by atoms with van der Waals surface area (Å²) in [5.41, 5.74) is 0. The van der Waals surface area contributed by atoms with Crippen LogP contribution in [0.4, 0.5) is 0 Å². The molecular formula is C64H127NO5. The lowest BCUT2D eigenvalue weighted by molar-refractivity contribution is -0.143. The van der Waals surface area contributed by atoms with Crippen LogP contribution < -0.4 is 5.32 Å². The molecule has 6 nitrogen and oxygen atoms in total. The summed E-state index contributed by atoms with van der Waals surface area (Å²) < 4.78 is 5.47. The smallest absolute Gasteiger partial charge is 0.305 e. The van der Waals surface area contributed by atoms with E-state index in [2.05, 4.69) is 19.2 Å². The van der Waals surface area contributed by atoms with Crippen molar-refractivity contribution in [3.63, 3.8) is 0 Å². The van der Waals surface area contributed by atoms with Gasteiger partial charge in [-0.3, -0.25) is 9.59 Å². The summed E-state index contributed by atoms with van der Waals surface area (Å²) in [6.07, 6.45) is 71.2. The zero-order valence-corrected chi connectivity index (χ0v) is 47.8. The molecule has 2 unspecified atom stereocenters. The molecule has 0 aromatic rings. The van der Waals surface area contributed by atoms with Gasteiger partial charge >= 0.3 is 5.97 Å². The molecule has 0 bridgehead atoms. The lowest BCUT2D eigenvalue weighted by atomic mass is 10.0. The molecule has 6 heteroatoms. The van der Waals surface area contributed by atoms with Crippen molar-refractivity contribution >= 4 is 11.9 Å². The minimum atomic E-state index is -0.664. The fraction of sp³-hybridized carbons (Fsp3) is 0.969. The van der Waals surface area contributed by atoms with Gasteiger partial charge in [0.15, 0.2) is 0 Å². The zero-order valence-electron chi connectivity index (χ0n) is 47.8. The van der Waals surface area contributed by atoms with Gasteiger partial charge < -0.3 is 20.3 Å². The second-order valence-electron chi connectivity index (χ2n) is 22.5. The highest BCUT2D eigenvalue weighted by molar-refractivity contribution is 5.76. The van der Waals surface area contributed by atoms with Crippen LogP contribution in [0.3, 0.4) is 0 Å². The molecule has 3 N–H and O–H groups in total. The van der Waals surface area contributed by atoms with Crippen LogP contribution in [0.5, 0.6) is 0 Å². The minimum absolute atomic E-state index is 0.0130. The Hall–Kier alpha value is -1.14. The third kappa shape index (κ3) is 56.2. The number of carbonyl (C=O) groups is 2. The number of rotatable bonds is 61. The van der Waals surface area contributed by atoms with Gasteiger partial charge in [0.2, 0.25) is 5.91 Å². The molecule has 70 heavy (non-hydrogen) atoms. The quantitative estimate of drug-likeness (QED) is 0.0417. The van der Waals surface area contributed by atoms with E-state index in [-0.39, 0.29) is 18.5 Å². The lowest BCUT2D eigenvalue weighted by Gasteiger charge is -2.22. The van der Waals surface area contributed by atoms with E-state index in [0.717, 1.165) is 38.5 Å². The lowest BCUT2D eigenvalue weighted by Crippen LogP contribution is -2.45. The van der Waals surface area contributed by atoms with Crippen LogP contribution >= 0.6 is 0 Å². The van der Waals surface area contributed by atoms with Crippen LogP contribution in [-0.2, 0) is 14.3 Å². The monoisotopic (exact) mass is 990 g/mol. The first-order valence-corrected chi connectivity index (χ1v) is 32.3. The molecule has 1 amide bonds. The molecule has 418 valence electrons. The molecule has 0 spiro atoms. The average Bonchev–Trinajstić information content (AvgIpc) is 3.36. The number of aliphatic hydroxyl groups excluding tert-OH is 2. The normalized spacial score (nSPS) is 12.5. The van der Waals surface area contributed by atoms with Crippen molar-refractivity contribution in [2.24, 2.45) is 0 Å². The van der Waals surface area contributed by atoms with E-state index in [9.17, 15) is 19.8 Å². The van der Waals surface area contributed by atoms with Gasteiger partial charge in [-0.2, -0.15) is 0 Å². The Morgan fingerprint density at radius 2 is 0.586 bits per heavy atom. The van der Waals surface area contributed by atoms with Gasteiger partial charge in [0.1, 0.15) is 0 Å². The fourth-order valence-electron chi connectivity index (χ4n) is 10.5. The second kappa shape index (κ2) is 60.4. The summed E-state index contributed by atoms with van der Waals surface area (Å²) >= 11 is 0. The molecule has 0 aliphatic rings. The Bertz CT molecular complexity index is 1010. The SMILES string of the molecule is CCCCCCCCCCCCCCCCCCCCCCCC(O)C(CO)NC(=O)CCCCCCCCCCCCCCCCCCCCCCCOC(=O)CCCCCCCCCCCCC. The van der Waals surface area contributed by atoms with E-state index in [0.29, 0.717) is 25.9 Å². The summed E-state index contributed by atoms with van der Waals surface area (Å²) in [6.45, 7) is 4.98. The van der Waals surface area contributed by atoms with Crippen molar-refractivity contribution in [1.29, 1.82) is 0 Å². The molecule has 0 saturated heterocycles. The van der Waals surface area contributed by atoms with Gasteiger partial charge in [0.05, 0.1) is 25.4 Å². The van der Waals surface area contributed by atoms with Crippen LogP contribution in [-0.4, -0.2) is 47.4 Å². The third-order valence-electron chi connectivity index (χ3n) is 15.4. The summed E-state index contributed by atoms with van der Waals surface area (Å²) in [5.74, 6) is -0.0181. The highest BCUT2D eigenvalue weighted by Gasteiger charge is 2.20. The molecule has 0 aromatic heterocycles. The van der Waals surface area contributed by atoms with Crippen LogP contribution in [0, 0.1) is 0 Å². The summed E-state index contributed by atoms with van der Waals surface area (Å²) in [5, 5.41) is 23.4. The number of amides is 1. The predicted molar refractivity (Wildman–Crippen MR) is 306 cm³/mol. The first-order chi connectivity index (χ1) is 34.5. The van der Waals surface area contributed by atoms with Crippen LogP contribution in [0.15, 0.2) is 0 Å². The number of hydrogen-bond donors (Lipinski definition) is 3. The number of ether oxygens (including phenoxy) is 1. The first kappa shape index (κ1) is 68.9. The van der Waals surface area contributed by atoms with E-state index in [1.807, 2.05) is 0 Å².